The number of hydrogen-bond donors (Lipinski definition) is 3. The van der Waals surface area contributed by atoms with Gasteiger partial charge in [-0.25, -0.2) is 0 Å². The van der Waals surface area contributed by atoms with Crippen LogP contribution < -0.4 is 0 Å². The number of methoxy groups -OCH3 is 1. The van der Waals surface area contributed by atoms with E-state index >= 15 is 0 Å². The Hall–Kier alpha value is -0.240. The molecule has 1 rings (SSSR count). The van der Waals surface area contributed by atoms with Crippen LogP contribution in [-0.2, 0) is 14.2 Å². The molecule has 0 bridgehead atoms. The van der Waals surface area contributed by atoms with Gasteiger partial charge in [-0.2, -0.15) is 0 Å². The largest absolute Gasteiger partial charge is 0.394 e. The average molecular weight is 306 g/mol. The topological polar surface area (TPSA) is 88.4 Å². The van der Waals surface area contributed by atoms with Crippen molar-refractivity contribution in [2.45, 2.75) is 76.2 Å². The van der Waals surface area contributed by atoms with Gasteiger partial charge in [0.25, 0.3) is 0 Å². The Balaban J connectivity index is 2.28. The molecule has 3 N–H and O–H groups in total. The molecular formula is C15H30O6. The minimum atomic E-state index is -1.14. The maximum atomic E-state index is 10.1. The van der Waals surface area contributed by atoms with E-state index in [0.717, 1.165) is 12.8 Å². The van der Waals surface area contributed by atoms with Crippen LogP contribution in [0.5, 0.6) is 0 Å². The van der Waals surface area contributed by atoms with Gasteiger partial charge in [0.2, 0.25) is 0 Å². The van der Waals surface area contributed by atoms with Crippen LogP contribution in [0, 0.1) is 0 Å². The molecule has 21 heavy (non-hydrogen) atoms. The fourth-order valence-electron chi connectivity index (χ4n) is 2.55. The summed E-state index contributed by atoms with van der Waals surface area (Å²) in [4.78, 5) is 0. The normalized spacial score (nSPS) is 30.7. The molecule has 1 heterocycles. The highest BCUT2D eigenvalue weighted by atomic mass is 16.7. The Morgan fingerprint density at radius 1 is 1.14 bits per heavy atom. The molecule has 0 spiro atoms. The lowest BCUT2D eigenvalue weighted by atomic mass is 10.1. The molecule has 1 aliphatic heterocycles. The fraction of sp³-hybridized carbons (Fsp3) is 1.00. The smallest absolute Gasteiger partial charge is 0.186 e. The Bertz CT molecular complexity index is 263. The van der Waals surface area contributed by atoms with Crippen molar-refractivity contribution in [3.8, 4) is 0 Å². The van der Waals surface area contributed by atoms with Gasteiger partial charge in [-0.15, -0.1) is 0 Å². The number of aliphatic hydroxyl groups is 3. The lowest BCUT2D eigenvalue weighted by Gasteiger charge is -2.20. The molecular weight excluding hydrogens is 276 g/mol. The third-order valence-corrected chi connectivity index (χ3v) is 3.84. The summed E-state index contributed by atoms with van der Waals surface area (Å²) in [6, 6.07) is 0. The maximum Gasteiger partial charge on any atom is 0.186 e. The van der Waals surface area contributed by atoms with Crippen molar-refractivity contribution in [1.29, 1.82) is 0 Å². The highest BCUT2D eigenvalue weighted by Crippen LogP contribution is 2.27. The monoisotopic (exact) mass is 306 g/mol. The zero-order chi connectivity index (χ0) is 15.7. The van der Waals surface area contributed by atoms with E-state index in [2.05, 4.69) is 6.92 Å². The predicted octanol–water partition coefficient (Wildman–Crippen LogP) is 0.817. The van der Waals surface area contributed by atoms with E-state index in [-0.39, 0.29) is 0 Å². The lowest BCUT2D eigenvalue weighted by molar-refractivity contribution is -0.175. The summed E-state index contributed by atoms with van der Waals surface area (Å²) in [6.45, 7) is 2.24. The number of unbranched alkanes of at least 4 members (excludes halogenated alkanes) is 5. The Morgan fingerprint density at radius 3 is 2.43 bits per heavy atom. The van der Waals surface area contributed by atoms with Crippen LogP contribution in [0.2, 0.25) is 0 Å². The highest BCUT2D eigenvalue weighted by Gasteiger charge is 2.47. The molecule has 0 unspecified atom stereocenters. The molecule has 5 atom stereocenters. The quantitative estimate of drug-likeness (QED) is 0.490. The van der Waals surface area contributed by atoms with Gasteiger partial charge in [0, 0.05) is 13.7 Å². The van der Waals surface area contributed by atoms with Crippen LogP contribution in [0.1, 0.15) is 45.4 Å². The first-order chi connectivity index (χ1) is 10.2. The van der Waals surface area contributed by atoms with E-state index in [0.29, 0.717) is 6.61 Å². The first-order valence-electron chi connectivity index (χ1n) is 7.92. The molecule has 6 heteroatoms. The Kier molecular flexibility index (Phi) is 9.39. The standard InChI is InChI=1S/C15H30O6/c1-3-4-5-6-7-8-9-20-14-12(18)13(11(17)10-16)21-15(14)19-2/h11-18H,3-10H2,1-2H3/t11-,12+,13-,14-,15+/m1/s1. The molecule has 0 aromatic heterocycles. The van der Waals surface area contributed by atoms with Gasteiger partial charge >= 0.3 is 0 Å². The molecule has 0 aromatic rings. The van der Waals surface area contributed by atoms with E-state index in [1.807, 2.05) is 0 Å². The van der Waals surface area contributed by atoms with Crippen molar-refractivity contribution in [3.63, 3.8) is 0 Å². The molecule has 0 aliphatic carbocycles. The van der Waals surface area contributed by atoms with E-state index < -0.39 is 37.3 Å². The summed E-state index contributed by atoms with van der Waals surface area (Å²) in [5.41, 5.74) is 0. The van der Waals surface area contributed by atoms with E-state index in [4.69, 9.17) is 19.3 Å². The maximum absolute atomic E-state index is 10.1. The number of ether oxygens (including phenoxy) is 3. The van der Waals surface area contributed by atoms with E-state index in [1.165, 1.54) is 32.8 Å². The number of aliphatic hydroxyl groups excluding tert-OH is 3. The van der Waals surface area contributed by atoms with Crippen LogP contribution in [0.15, 0.2) is 0 Å². The van der Waals surface area contributed by atoms with Crippen molar-refractivity contribution in [3.05, 3.63) is 0 Å². The van der Waals surface area contributed by atoms with Gasteiger partial charge in [-0.1, -0.05) is 39.0 Å². The molecule has 0 amide bonds. The van der Waals surface area contributed by atoms with Crippen molar-refractivity contribution in [2.75, 3.05) is 20.3 Å². The molecule has 6 nitrogen and oxygen atoms in total. The summed E-state index contributed by atoms with van der Waals surface area (Å²) in [5.74, 6) is 0. The second-order valence-electron chi connectivity index (χ2n) is 5.55. The van der Waals surface area contributed by atoms with Crippen molar-refractivity contribution in [1.82, 2.24) is 0 Å². The van der Waals surface area contributed by atoms with Crippen molar-refractivity contribution >= 4 is 0 Å². The lowest BCUT2D eigenvalue weighted by Crippen LogP contribution is -2.41. The Morgan fingerprint density at radius 2 is 1.81 bits per heavy atom. The van der Waals surface area contributed by atoms with Crippen LogP contribution in [0.4, 0.5) is 0 Å². The summed E-state index contributed by atoms with van der Waals surface area (Å²) in [6.07, 6.45) is 2.60. The molecule has 126 valence electrons. The first-order valence-corrected chi connectivity index (χ1v) is 7.92. The van der Waals surface area contributed by atoms with Crippen molar-refractivity contribution < 1.29 is 29.5 Å². The summed E-state index contributed by atoms with van der Waals surface area (Å²) in [7, 11) is 1.46. The summed E-state index contributed by atoms with van der Waals surface area (Å²) >= 11 is 0. The summed E-state index contributed by atoms with van der Waals surface area (Å²) < 4.78 is 16.2. The summed E-state index contributed by atoms with van der Waals surface area (Å²) in [5, 5.41) is 28.7. The third kappa shape index (κ3) is 5.81. The van der Waals surface area contributed by atoms with Gasteiger partial charge in [-0.05, 0) is 6.42 Å². The number of hydrogen-bond acceptors (Lipinski definition) is 6. The van der Waals surface area contributed by atoms with Gasteiger partial charge < -0.3 is 29.5 Å². The van der Waals surface area contributed by atoms with Gasteiger partial charge in [-0.3, -0.25) is 0 Å². The van der Waals surface area contributed by atoms with E-state index in [1.54, 1.807) is 0 Å². The van der Waals surface area contributed by atoms with Gasteiger partial charge in [0.1, 0.15) is 24.4 Å². The van der Waals surface area contributed by atoms with Crippen LogP contribution in [-0.4, -0.2) is 66.3 Å². The molecule has 1 aliphatic rings. The Labute approximate surface area is 127 Å². The van der Waals surface area contributed by atoms with E-state index in [9.17, 15) is 10.2 Å². The minimum Gasteiger partial charge on any atom is -0.394 e. The predicted molar refractivity (Wildman–Crippen MR) is 77.9 cm³/mol. The second-order valence-corrected chi connectivity index (χ2v) is 5.55. The number of rotatable bonds is 11. The third-order valence-electron chi connectivity index (χ3n) is 3.84. The van der Waals surface area contributed by atoms with Crippen LogP contribution in [0.3, 0.4) is 0 Å². The molecule has 0 radical (unpaired) electrons. The molecule has 1 fully saturated rings. The zero-order valence-corrected chi connectivity index (χ0v) is 13.1. The van der Waals surface area contributed by atoms with Gasteiger partial charge in [0.15, 0.2) is 6.29 Å². The molecule has 1 saturated heterocycles. The molecule has 0 saturated carbocycles. The zero-order valence-electron chi connectivity index (χ0n) is 13.1. The highest BCUT2D eigenvalue weighted by molar-refractivity contribution is 4.91. The van der Waals surface area contributed by atoms with Crippen molar-refractivity contribution in [2.24, 2.45) is 0 Å². The SMILES string of the molecule is CCCCCCCCO[C@H]1[C@@H](OC)O[C@H]([C@H](O)CO)[C@@H]1O. The minimum absolute atomic E-state index is 0.470. The second kappa shape index (κ2) is 10.5. The average Bonchev–Trinajstić information content (AvgIpc) is 2.82. The molecule has 0 aromatic carbocycles. The fourth-order valence-corrected chi connectivity index (χ4v) is 2.55. The van der Waals surface area contributed by atoms with Crippen LogP contribution >= 0.6 is 0 Å². The first kappa shape index (κ1) is 18.8. The van der Waals surface area contributed by atoms with Gasteiger partial charge in [0.05, 0.1) is 6.61 Å². The van der Waals surface area contributed by atoms with Crippen LogP contribution in [0.25, 0.3) is 0 Å².